The van der Waals surface area contributed by atoms with E-state index in [-0.39, 0.29) is 11.3 Å². The van der Waals surface area contributed by atoms with Crippen LogP contribution in [0.1, 0.15) is 17.3 Å². The molecular weight excluding hydrogens is 212 g/mol. The third kappa shape index (κ3) is 2.41. The quantitative estimate of drug-likeness (QED) is 0.353. The molecule has 0 aromatic heterocycles. The third-order valence-electron chi connectivity index (χ3n) is 2.18. The van der Waals surface area contributed by atoms with Crippen LogP contribution in [0.2, 0.25) is 0 Å². The van der Waals surface area contributed by atoms with Gasteiger partial charge in [-0.25, -0.2) is 0 Å². The molecule has 1 rings (SSSR count). The molecule has 0 aliphatic heterocycles. The second-order valence-electron chi connectivity index (χ2n) is 3.29. The average Bonchev–Trinajstić information content (AvgIpc) is 2.27. The van der Waals surface area contributed by atoms with E-state index in [1.54, 1.807) is 0 Å². The highest BCUT2D eigenvalue weighted by Gasteiger charge is 2.20. The highest BCUT2D eigenvalue weighted by atomic mass is 16.6. The first-order valence-corrected chi connectivity index (χ1v) is 4.51. The van der Waals surface area contributed by atoms with E-state index >= 15 is 0 Å². The molecule has 2 N–H and O–H groups in total. The van der Waals surface area contributed by atoms with Crippen molar-refractivity contribution in [3.05, 3.63) is 39.9 Å². The predicted octanol–water partition coefficient (Wildman–Crippen LogP) is 0.899. The Kier molecular flexibility index (Phi) is 3.34. The third-order valence-corrected chi connectivity index (χ3v) is 2.18. The van der Waals surface area contributed by atoms with Gasteiger partial charge in [-0.3, -0.25) is 19.7 Å². The molecule has 0 bridgehead atoms. The van der Waals surface area contributed by atoms with Crippen molar-refractivity contribution in [3.8, 4) is 0 Å². The van der Waals surface area contributed by atoms with Crippen molar-refractivity contribution in [2.75, 3.05) is 0 Å². The molecule has 0 aliphatic carbocycles. The highest BCUT2D eigenvalue weighted by molar-refractivity contribution is 6.09. The summed E-state index contributed by atoms with van der Waals surface area (Å²) in [5.41, 5.74) is 5.11. The first-order chi connectivity index (χ1) is 7.43. The average molecular weight is 222 g/mol. The second kappa shape index (κ2) is 4.52. The Morgan fingerprint density at radius 1 is 1.31 bits per heavy atom. The molecule has 6 nitrogen and oxygen atoms in total. The summed E-state index contributed by atoms with van der Waals surface area (Å²) in [6, 6.07) is 5.03. The first-order valence-electron chi connectivity index (χ1n) is 4.51. The number of ketones is 1. The fourth-order valence-corrected chi connectivity index (χ4v) is 1.13. The molecule has 0 aliphatic rings. The number of hydrogen-bond donors (Lipinski definition) is 1. The Morgan fingerprint density at radius 3 is 2.19 bits per heavy atom. The van der Waals surface area contributed by atoms with Gasteiger partial charge in [0.05, 0.1) is 10.8 Å². The van der Waals surface area contributed by atoms with Crippen LogP contribution in [0.4, 0.5) is 5.69 Å². The molecule has 6 heteroatoms. The van der Waals surface area contributed by atoms with Crippen LogP contribution in [-0.4, -0.2) is 16.6 Å². The molecule has 1 atom stereocenters. The molecule has 0 radical (unpaired) electrons. The fraction of sp³-hybridized carbons (Fsp3) is 0.200. The lowest BCUT2D eigenvalue weighted by molar-refractivity contribution is -0.384. The minimum atomic E-state index is -0.929. The molecule has 0 spiro atoms. The van der Waals surface area contributed by atoms with Gasteiger partial charge in [-0.2, -0.15) is 0 Å². The molecule has 0 saturated carbocycles. The van der Waals surface area contributed by atoms with Gasteiger partial charge in [0.2, 0.25) is 5.91 Å². The Hall–Kier alpha value is -2.24. The maximum absolute atomic E-state index is 11.6. The lowest BCUT2D eigenvalue weighted by Gasteiger charge is -2.05. The molecule has 0 heterocycles. The topological polar surface area (TPSA) is 103 Å². The van der Waals surface area contributed by atoms with Gasteiger partial charge in [-0.15, -0.1) is 0 Å². The molecule has 1 aromatic carbocycles. The maximum Gasteiger partial charge on any atom is 0.269 e. The van der Waals surface area contributed by atoms with Gasteiger partial charge in [0.1, 0.15) is 0 Å². The van der Waals surface area contributed by atoms with Crippen molar-refractivity contribution < 1.29 is 14.5 Å². The van der Waals surface area contributed by atoms with E-state index in [0.717, 1.165) is 0 Å². The number of hydrogen-bond acceptors (Lipinski definition) is 4. The van der Waals surface area contributed by atoms with E-state index in [0.29, 0.717) is 0 Å². The van der Waals surface area contributed by atoms with Gasteiger partial charge in [0.15, 0.2) is 5.78 Å². The van der Waals surface area contributed by atoms with Crippen LogP contribution in [0.25, 0.3) is 0 Å². The van der Waals surface area contributed by atoms with Crippen molar-refractivity contribution in [2.45, 2.75) is 6.92 Å². The van der Waals surface area contributed by atoms with E-state index in [1.807, 2.05) is 0 Å². The zero-order valence-corrected chi connectivity index (χ0v) is 8.54. The van der Waals surface area contributed by atoms with Gasteiger partial charge in [-0.1, -0.05) is 0 Å². The monoisotopic (exact) mass is 222 g/mol. The van der Waals surface area contributed by atoms with Gasteiger partial charge in [-0.05, 0) is 19.1 Å². The van der Waals surface area contributed by atoms with E-state index in [2.05, 4.69) is 0 Å². The smallest absolute Gasteiger partial charge is 0.269 e. The molecule has 16 heavy (non-hydrogen) atoms. The van der Waals surface area contributed by atoms with Gasteiger partial charge in [0, 0.05) is 17.7 Å². The number of nitrogens with zero attached hydrogens (tertiary/aromatic N) is 1. The highest BCUT2D eigenvalue weighted by Crippen LogP contribution is 2.14. The molecule has 84 valence electrons. The van der Waals surface area contributed by atoms with Gasteiger partial charge < -0.3 is 5.73 Å². The Balaban J connectivity index is 2.94. The van der Waals surface area contributed by atoms with Crippen LogP contribution >= 0.6 is 0 Å². The number of carbonyl (C=O) groups excluding carboxylic acids is 2. The summed E-state index contributed by atoms with van der Waals surface area (Å²) in [6.07, 6.45) is 0. The SMILES string of the molecule is CC(C(N)=O)C(=O)c1ccc([N+](=O)[O-])cc1. The number of Topliss-reactive ketones (excluding diaryl/α,β-unsaturated/α-hetero) is 1. The Bertz CT molecular complexity index is 439. The molecule has 0 fully saturated rings. The fourth-order valence-electron chi connectivity index (χ4n) is 1.13. The van der Waals surface area contributed by atoms with Crippen LogP contribution in [0.3, 0.4) is 0 Å². The van der Waals surface area contributed by atoms with Crippen molar-refractivity contribution in [2.24, 2.45) is 11.7 Å². The molecule has 1 amide bonds. The largest absolute Gasteiger partial charge is 0.369 e. The lowest BCUT2D eigenvalue weighted by atomic mass is 9.99. The van der Waals surface area contributed by atoms with E-state index < -0.39 is 22.5 Å². The minimum absolute atomic E-state index is 0.108. The maximum atomic E-state index is 11.6. The number of benzene rings is 1. The Labute approximate surface area is 91.2 Å². The first kappa shape index (κ1) is 11.8. The van der Waals surface area contributed by atoms with Crippen LogP contribution < -0.4 is 5.73 Å². The van der Waals surface area contributed by atoms with Gasteiger partial charge in [0.25, 0.3) is 5.69 Å². The summed E-state index contributed by atoms with van der Waals surface area (Å²) in [6.45, 7) is 1.39. The van der Waals surface area contributed by atoms with Crippen molar-refractivity contribution >= 4 is 17.4 Å². The van der Waals surface area contributed by atoms with Crippen LogP contribution in [0.5, 0.6) is 0 Å². The number of rotatable bonds is 4. The zero-order chi connectivity index (χ0) is 12.3. The lowest BCUT2D eigenvalue weighted by Crippen LogP contribution is -2.27. The number of non-ortho nitro benzene ring substituents is 1. The van der Waals surface area contributed by atoms with E-state index in [1.165, 1.54) is 31.2 Å². The summed E-state index contributed by atoms with van der Waals surface area (Å²) in [5, 5.41) is 10.4. The molecule has 1 unspecified atom stereocenters. The molecule has 1 aromatic rings. The summed E-state index contributed by atoms with van der Waals surface area (Å²) < 4.78 is 0. The molecule has 0 saturated heterocycles. The minimum Gasteiger partial charge on any atom is -0.369 e. The number of primary amides is 1. The van der Waals surface area contributed by atoms with E-state index in [4.69, 9.17) is 5.73 Å². The van der Waals surface area contributed by atoms with Crippen LogP contribution in [0.15, 0.2) is 24.3 Å². The summed E-state index contributed by atoms with van der Waals surface area (Å²) in [4.78, 5) is 32.2. The van der Waals surface area contributed by atoms with E-state index in [9.17, 15) is 19.7 Å². The number of amides is 1. The number of carbonyl (C=O) groups is 2. The summed E-state index contributed by atoms with van der Waals surface area (Å²) in [5.74, 6) is -2.09. The molecular formula is C10H10N2O4. The second-order valence-corrected chi connectivity index (χ2v) is 3.29. The zero-order valence-electron chi connectivity index (χ0n) is 8.54. The Morgan fingerprint density at radius 2 is 1.81 bits per heavy atom. The van der Waals surface area contributed by atoms with Crippen molar-refractivity contribution in [1.29, 1.82) is 0 Å². The number of nitro groups is 1. The van der Waals surface area contributed by atoms with Gasteiger partial charge >= 0.3 is 0 Å². The summed E-state index contributed by atoms with van der Waals surface area (Å²) in [7, 11) is 0. The standard InChI is InChI=1S/C10H10N2O4/c1-6(10(11)14)9(13)7-2-4-8(5-3-7)12(15)16/h2-6H,1H3,(H2,11,14). The van der Waals surface area contributed by atoms with Crippen LogP contribution in [0, 0.1) is 16.0 Å². The normalized spacial score (nSPS) is 11.8. The van der Waals surface area contributed by atoms with Crippen LogP contribution in [-0.2, 0) is 4.79 Å². The number of nitrogens with two attached hydrogens (primary N) is 1. The van der Waals surface area contributed by atoms with Crippen molar-refractivity contribution in [3.63, 3.8) is 0 Å². The summed E-state index contributed by atoms with van der Waals surface area (Å²) >= 11 is 0. The number of nitro benzene ring substituents is 1. The van der Waals surface area contributed by atoms with Crippen molar-refractivity contribution in [1.82, 2.24) is 0 Å². The predicted molar refractivity (Wildman–Crippen MR) is 55.8 cm³/mol.